The number of halogens is 1. The van der Waals surface area contributed by atoms with Gasteiger partial charge in [0.05, 0.1) is 13.7 Å². The van der Waals surface area contributed by atoms with Crippen LogP contribution in [0, 0.1) is 5.82 Å². The Morgan fingerprint density at radius 1 is 1.00 bits per heavy atom. The minimum absolute atomic E-state index is 0.316. The number of hydrogen-bond acceptors (Lipinski definition) is 7. The van der Waals surface area contributed by atoms with Crippen LogP contribution in [0.15, 0.2) is 58.2 Å². The van der Waals surface area contributed by atoms with Gasteiger partial charge in [-0.1, -0.05) is 11.8 Å². The molecular formula is C19H19FN2O4S. The van der Waals surface area contributed by atoms with Gasteiger partial charge in [0.15, 0.2) is 6.10 Å². The third-order valence-corrected chi connectivity index (χ3v) is 4.32. The van der Waals surface area contributed by atoms with Gasteiger partial charge in [-0.3, -0.25) is 0 Å². The lowest BCUT2D eigenvalue weighted by molar-refractivity contribution is 0.181. The molecule has 0 amide bonds. The largest absolute Gasteiger partial charge is 0.497 e. The molecule has 0 radical (unpaired) electrons. The molecular weight excluding hydrogens is 371 g/mol. The second-order valence-electron chi connectivity index (χ2n) is 5.49. The Morgan fingerprint density at radius 3 is 2.37 bits per heavy atom. The maximum atomic E-state index is 12.9. The third kappa shape index (κ3) is 5.62. The van der Waals surface area contributed by atoms with E-state index in [2.05, 4.69) is 10.2 Å². The van der Waals surface area contributed by atoms with Crippen molar-refractivity contribution in [2.24, 2.45) is 0 Å². The lowest BCUT2D eigenvalue weighted by atomic mass is 10.3. The number of nitrogens with zero attached hydrogens (tertiary/aromatic N) is 2. The van der Waals surface area contributed by atoms with E-state index in [4.69, 9.17) is 18.6 Å². The number of benzene rings is 2. The molecule has 0 aliphatic carbocycles. The van der Waals surface area contributed by atoms with Gasteiger partial charge in [-0.05, 0) is 55.5 Å². The first kappa shape index (κ1) is 19.0. The molecule has 3 rings (SSSR count). The summed E-state index contributed by atoms with van der Waals surface area (Å²) in [6.45, 7) is 2.29. The van der Waals surface area contributed by atoms with Crippen LogP contribution in [0.1, 0.15) is 18.9 Å². The minimum Gasteiger partial charge on any atom is -0.497 e. The molecule has 2 aromatic carbocycles. The second kappa shape index (κ2) is 9.27. The maximum Gasteiger partial charge on any atom is 0.276 e. The molecule has 142 valence electrons. The molecule has 27 heavy (non-hydrogen) atoms. The van der Waals surface area contributed by atoms with E-state index in [0.717, 1.165) is 11.5 Å². The van der Waals surface area contributed by atoms with Crippen molar-refractivity contribution in [2.75, 3.05) is 19.5 Å². The molecule has 6 nitrogen and oxygen atoms in total. The molecule has 0 spiro atoms. The van der Waals surface area contributed by atoms with E-state index in [1.54, 1.807) is 26.2 Å². The van der Waals surface area contributed by atoms with Gasteiger partial charge in [0.25, 0.3) is 11.1 Å². The molecule has 1 atom stereocenters. The smallest absolute Gasteiger partial charge is 0.276 e. The van der Waals surface area contributed by atoms with Crippen LogP contribution in [-0.4, -0.2) is 29.7 Å². The highest BCUT2D eigenvalue weighted by Gasteiger charge is 2.16. The average molecular weight is 390 g/mol. The summed E-state index contributed by atoms with van der Waals surface area (Å²) in [5, 5.41) is 8.43. The third-order valence-electron chi connectivity index (χ3n) is 3.53. The molecule has 0 saturated heterocycles. The van der Waals surface area contributed by atoms with Crippen LogP contribution < -0.4 is 14.2 Å². The van der Waals surface area contributed by atoms with Crippen molar-refractivity contribution in [3.8, 4) is 17.2 Å². The lowest BCUT2D eigenvalue weighted by Crippen LogP contribution is -2.03. The van der Waals surface area contributed by atoms with E-state index in [1.165, 1.54) is 23.9 Å². The van der Waals surface area contributed by atoms with Crippen molar-refractivity contribution in [3.05, 3.63) is 60.2 Å². The molecule has 0 fully saturated rings. The Balaban J connectivity index is 1.43. The van der Waals surface area contributed by atoms with Crippen LogP contribution in [0.25, 0.3) is 0 Å². The second-order valence-corrected chi connectivity index (χ2v) is 6.54. The summed E-state index contributed by atoms with van der Waals surface area (Å²) in [5.74, 6) is 2.78. The van der Waals surface area contributed by atoms with Crippen molar-refractivity contribution in [1.29, 1.82) is 0 Å². The van der Waals surface area contributed by atoms with Gasteiger partial charge < -0.3 is 18.6 Å². The summed E-state index contributed by atoms with van der Waals surface area (Å²) < 4.78 is 34.9. The summed E-state index contributed by atoms with van der Waals surface area (Å²) in [7, 11) is 1.62. The molecule has 0 aliphatic rings. The van der Waals surface area contributed by atoms with Gasteiger partial charge >= 0.3 is 0 Å². The van der Waals surface area contributed by atoms with Gasteiger partial charge in [-0.25, -0.2) is 4.39 Å². The highest BCUT2D eigenvalue weighted by Crippen LogP contribution is 2.24. The van der Waals surface area contributed by atoms with E-state index in [1.807, 2.05) is 24.3 Å². The van der Waals surface area contributed by atoms with Crippen LogP contribution in [0.3, 0.4) is 0 Å². The fraction of sp³-hybridized carbons (Fsp3) is 0.263. The quantitative estimate of drug-likeness (QED) is 0.393. The van der Waals surface area contributed by atoms with Gasteiger partial charge in [0, 0.05) is 5.75 Å². The van der Waals surface area contributed by atoms with E-state index in [9.17, 15) is 4.39 Å². The average Bonchev–Trinajstić information content (AvgIpc) is 3.17. The van der Waals surface area contributed by atoms with Gasteiger partial charge in [-0.2, -0.15) is 0 Å². The van der Waals surface area contributed by atoms with E-state index < -0.39 is 6.10 Å². The van der Waals surface area contributed by atoms with Crippen LogP contribution in [0.2, 0.25) is 0 Å². The first-order chi connectivity index (χ1) is 13.1. The number of rotatable bonds is 9. The van der Waals surface area contributed by atoms with Gasteiger partial charge in [-0.15, -0.1) is 10.2 Å². The van der Waals surface area contributed by atoms with Crippen molar-refractivity contribution >= 4 is 11.8 Å². The Kier molecular flexibility index (Phi) is 6.54. The Hall–Kier alpha value is -2.74. The molecule has 0 N–H and O–H groups in total. The van der Waals surface area contributed by atoms with Crippen molar-refractivity contribution in [1.82, 2.24) is 10.2 Å². The van der Waals surface area contributed by atoms with Crippen LogP contribution in [-0.2, 0) is 0 Å². The molecule has 0 bridgehead atoms. The predicted octanol–water partition coefficient (Wildman–Crippen LogP) is 4.53. The van der Waals surface area contributed by atoms with E-state index in [-0.39, 0.29) is 5.82 Å². The van der Waals surface area contributed by atoms with Crippen LogP contribution in [0.5, 0.6) is 17.2 Å². The standard InChI is InChI=1S/C19H19FN2O4S/c1-13(25-17-5-3-14(20)4-6-17)18-21-22-19(26-18)27-12-11-24-16-9-7-15(23-2)8-10-16/h3-10,13H,11-12H2,1-2H3. The Morgan fingerprint density at radius 2 is 1.67 bits per heavy atom. The SMILES string of the molecule is COc1ccc(OCCSc2nnc(C(C)Oc3ccc(F)cc3)o2)cc1. The van der Waals surface area contributed by atoms with Crippen molar-refractivity contribution in [3.63, 3.8) is 0 Å². The molecule has 1 unspecified atom stereocenters. The van der Waals surface area contributed by atoms with E-state index >= 15 is 0 Å². The van der Waals surface area contributed by atoms with Crippen LogP contribution >= 0.6 is 11.8 Å². The fourth-order valence-electron chi connectivity index (χ4n) is 2.17. The zero-order chi connectivity index (χ0) is 19.1. The van der Waals surface area contributed by atoms with Crippen LogP contribution in [0.4, 0.5) is 4.39 Å². The molecule has 0 saturated carbocycles. The monoisotopic (exact) mass is 390 g/mol. The topological polar surface area (TPSA) is 66.6 Å². The first-order valence-electron chi connectivity index (χ1n) is 8.29. The number of methoxy groups -OCH3 is 1. The number of thioether (sulfide) groups is 1. The molecule has 3 aromatic rings. The number of hydrogen-bond donors (Lipinski definition) is 0. The molecule has 8 heteroatoms. The number of ether oxygens (including phenoxy) is 3. The number of aromatic nitrogens is 2. The van der Waals surface area contributed by atoms with Gasteiger partial charge in [0.2, 0.25) is 0 Å². The zero-order valence-electron chi connectivity index (χ0n) is 14.9. The summed E-state index contributed by atoms with van der Waals surface area (Å²) >= 11 is 1.40. The first-order valence-corrected chi connectivity index (χ1v) is 9.28. The molecule has 1 heterocycles. The van der Waals surface area contributed by atoms with E-state index in [0.29, 0.717) is 29.2 Å². The Bertz CT molecular complexity index is 840. The molecule has 1 aromatic heterocycles. The fourth-order valence-corrected chi connectivity index (χ4v) is 2.76. The van der Waals surface area contributed by atoms with Crippen molar-refractivity contribution < 1.29 is 23.0 Å². The Labute approximate surface area is 160 Å². The zero-order valence-corrected chi connectivity index (χ0v) is 15.7. The summed E-state index contributed by atoms with van der Waals surface area (Å²) in [6, 6.07) is 13.2. The summed E-state index contributed by atoms with van der Waals surface area (Å²) in [5.41, 5.74) is 0. The highest BCUT2D eigenvalue weighted by molar-refractivity contribution is 7.99. The maximum absolute atomic E-state index is 12.9. The predicted molar refractivity (Wildman–Crippen MR) is 99.0 cm³/mol. The summed E-state index contributed by atoms with van der Waals surface area (Å²) in [6.07, 6.45) is -0.437. The lowest BCUT2D eigenvalue weighted by Gasteiger charge is -2.10. The highest BCUT2D eigenvalue weighted by atomic mass is 32.2. The normalized spacial score (nSPS) is 11.8. The minimum atomic E-state index is -0.437. The van der Waals surface area contributed by atoms with Crippen molar-refractivity contribution in [2.45, 2.75) is 18.3 Å². The summed E-state index contributed by atoms with van der Waals surface area (Å²) in [4.78, 5) is 0. The molecule has 0 aliphatic heterocycles. The van der Waals surface area contributed by atoms with Gasteiger partial charge in [0.1, 0.15) is 23.1 Å².